The highest BCUT2D eigenvalue weighted by molar-refractivity contribution is 6.31. The number of rotatable bonds is 7. The van der Waals surface area contributed by atoms with Gasteiger partial charge in [-0.05, 0) is 74.7 Å². The van der Waals surface area contributed by atoms with Crippen molar-refractivity contribution in [3.05, 3.63) is 69.9 Å². The van der Waals surface area contributed by atoms with Crippen LogP contribution in [0.5, 0.6) is 0 Å². The quantitative estimate of drug-likeness (QED) is 0.548. The van der Waals surface area contributed by atoms with Crippen LogP contribution >= 0.6 is 11.6 Å². The molecule has 26 heavy (non-hydrogen) atoms. The summed E-state index contributed by atoms with van der Waals surface area (Å²) in [6.07, 6.45) is 2.88. The van der Waals surface area contributed by atoms with Crippen molar-refractivity contribution >= 4 is 28.2 Å². The number of halogens is 1. The molecule has 4 heteroatoms. The highest BCUT2D eigenvalue weighted by atomic mass is 35.5. The average Bonchev–Trinajstić information content (AvgIpc) is 2.59. The van der Waals surface area contributed by atoms with Gasteiger partial charge in [-0.25, -0.2) is 0 Å². The Kier molecular flexibility index (Phi) is 6.12. The second-order valence-corrected chi connectivity index (χ2v) is 7.29. The minimum absolute atomic E-state index is 0.716. The Hall–Kier alpha value is -2.10. The van der Waals surface area contributed by atoms with Gasteiger partial charge in [-0.15, -0.1) is 0 Å². The molecule has 2 aromatic carbocycles. The molecule has 3 nitrogen and oxygen atoms in total. The molecule has 0 aliphatic heterocycles. The van der Waals surface area contributed by atoms with E-state index in [0.717, 1.165) is 42.6 Å². The minimum Gasteiger partial charge on any atom is -0.384 e. The normalized spacial score (nSPS) is 11.1. The van der Waals surface area contributed by atoms with Gasteiger partial charge >= 0.3 is 0 Å². The van der Waals surface area contributed by atoms with Crippen LogP contribution in [0.2, 0.25) is 5.02 Å². The van der Waals surface area contributed by atoms with Gasteiger partial charge in [0.25, 0.3) is 0 Å². The largest absolute Gasteiger partial charge is 0.384 e. The molecule has 3 aromatic rings. The van der Waals surface area contributed by atoms with E-state index in [9.17, 15) is 0 Å². The van der Waals surface area contributed by atoms with Crippen LogP contribution < -0.4 is 10.6 Å². The molecule has 0 amide bonds. The lowest BCUT2D eigenvalue weighted by Gasteiger charge is -2.13. The van der Waals surface area contributed by atoms with Crippen molar-refractivity contribution in [1.29, 1.82) is 0 Å². The van der Waals surface area contributed by atoms with E-state index in [1.54, 1.807) is 0 Å². The summed E-state index contributed by atoms with van der Waals surface area (Å²) in [5, 5.41) is 8.90. The average molecular weight is 368 g/mol. The number of nitrogens with zero attached hydrogens (tertiary/aromatic N) is 1. The number of anilines is 1. The molecular formula is C22H26ClN3. The van der Waals surface area contributed by atoms with Crippen molar-refractivity contribution in [3.63, 3.8) is 0 Å². The van der Waals surface area contributed by atoms with E-state index in [4.69, 9.17) is 11.6 Å². The van der Waals surface area contributed by atoms with Crippen LogP contribution in [0, 0.1) is 20.8 Å². The molecule has 0 aliphatic rings. The third-order valence-electron chi connectivity index (χ3n) is 4.69. The number of benzene rings is 2. The van der Waals surface area contributed by atoms with E-state index in [0.29, 0.717) is 5.02 Å². The summed E-state index contributed by atoms with van der Waals surface area (Å²) in [5.74, 6) is 0. The molecule has 0 bridgehead atoms. The summed E-state index contributed by atoms with van der Waals surface area (Å²) in [7, 11) is 0. The Morgan fingerprint density at radius 2 is 1.73 bits per heavy atom. The first-order valence-corrected chi connectivity index (χ1v) is 9.48. The number of hydrogen-bond donors (Lipinski definition) is 2. The van der Waals surface area contributed by atoms with E-state index in [1.165, 1.54) is 22.3 Å². The Bertz CT molecular complexity index is 882. The Labute approximate surface area is 160 Å². The summed E-state index contributed by atoms with van der Waals surface area (Å²) >= 11 is 6.05. The van der Waals surface area contributed by atoms with Gasteiger partial charge in [0, 0.05) is 35.4 Å². The van der Waals surface area contributed by atoms with Crippen LogP contribution in [0.3, 0.4) is 0 Å². The van der Waals surface area contributed by atoms with E-state index >= 15 is 0 Å². The first-order valence-electron chi connectivity index (χ1n) is 9.10. The number of fused-ring (bicyclic) bond motifs is 1. The van der Waals surface area contributed by atoms with E-state index in [1.807, 2.05) is 30.5 Å². The van der Waals surface area contributed by atoms with Gasteiger partial charge in [0.1, 0.15) is 0 Å². The molecule has 0 radical (unpaired) electrons. The summed E-state index contributed by atoms with van der Waals surface area (Å²) in [6.45, 7) is 9.36. The molecule has 0 spiro atoms. The maximum Gasteiger partial charge on any atom is 0.0737 e. The van der Waals surface area contributed by atoms with Gasteiger partial charge in [-0.2, -0.15) is 0 Å². The molecule has 0 saturated heterocycles. The monoisotopic (exact) mass is 367 g/mol. The smallest absolute Gasteiger partial charge is 0.0737 e. The maximum absolute atomic E-state index is 6.05. The Balaban J connectivity index is 1.48. The molecule has 0 unspecified atom stereocenters. The zero-order valence-corrected chi connectivity index (χ0v) is 16.5. The number of aryl methyl sites for hydroxylation is 3. The maximum atomic E-state index is 6.05. The van der Waals surface area contributed by atoms with Crippen molar-refractivity contribution in [2.45, 2.75) is 33.7 Å². The van der Waals surface area contributed by atoms with Crippen LogP contribution in [0.15, 0.2) is 42.6 Å². The number of aromatic nitrogens is 1. The zero-order valence-electron chi connectivity index (χ0n) is 15.7. The van der Waals surface area contributed by atoms with Gasteiger partial charge < -0.3 is 10.6 Å². The third kappa shape index (κ3) is 4.54. The molecule has 0 saturated carbocycles. The van der Waals surface area contributed by atoms with Crippen molar-refractivity contribution in [1.82, 2.24) is 10.3 Å². The molecule has 136 valence electrons. The lowest BCUT2D eigenvalue weighted by atomic mass is 10.00. The van der Waals surface area contributed by atoms with Crippen LogP contribution in [0.25, 0.3) is 10.9 Å². The predicted octanol–water partition coefficient (Wildman–Crippen LogP) is 5.41. The molecule has 1 aromatic heterocycles. The summed E-state index contributed by atoms with van der Waals surface area (Å²) in [4.78, 5) is 4.38. The van der Waals surface area contributed by atoms with Crippen molar-refractivity contribution in [2.24, 2.45) is 0 Å². The second-order valence-electron chi connectivity index (χ2n) is 6.85. The summed E-state index contributed by atoms with van der Waals surface area (Å²) in [5.41, 5.74) is 7.52. The first kappa shape index (κ1) is 18.7. The first-order chi connectivity index (χ1) is 12.5. The van der Waals surface area contributed by atoms with Crippen molar-refractivity contribution < 1.29 is 0 Å². The van der Waals surface area contributed by atoms with E-state index in [-0.39, 0.29) is 0 Å². The van der Waals surface area contributed by atoms with Crippen molar-refractivity contribution in [2.75, 3.05) is 18.4 Å². The standard InChI is InChI=1S/C22H26ClN3/c1-15-11-16(2)20(17(3)12-15)14-24-8-4-9-25-21-7-10-26-22-13-18(23)5-6-19(21)22/h5-7,10-13,24H,4,8-9,14H2,1-3H3,(H,25,26). The molecule has 2 N–H and O–H groups in total. The van der Waals surface area contributed by atoms with Crippen molar-refractivity contribution in [3.8, 4) is 0 Å². The van der Waals surface area contributed by atoms with Crippen LogP contribution in [0.4, 0.5) is 5.69 Å². The summed E-state index contributed by atoms with van der Waals surface area (Å²) < 4.78 is 0. The van der Waals surface area contributed by atoms with Crippen LogP contribution in [0.1, 0.15) is 28.7 Å². The molecule has 3 rings (SSSR count). The van der Waals surface area contributed by atoms with E-state index < -0.39 is 0 Å². The second kappa shape index (κ2) is 8.52. The molecular weight excluding hydrogens is 342 g/mol. The van der Waals surface area contributed by atoms with Crippen LogP contribution in [-0.4, -0.2) is 18.1 Å². The minimum atomic E-state index is 0.716. The Morgan fingerprint density at radius 1 is 0.962 bits per heavy atom. The topological polar surface area (TPSA) is 37.0 Å². The fourth-order valence-electron chi connectivity index (χ4n) is 3.41. The fourth-order valence-corrected chi connectivity index (χ4v) is 3.58. The third-order valence-corrected chi connectivity index (χ3v) is 4.93. The van der Waals surface area contributed by atoms with Gasteiger partial charge in [0.2, 0.25) is 0 Å². The highest BCUT2D eigenvalue weighted by Crippen LogP contribution is 2.24. The zero-order chi connectivity index (χ0) is 18.5. The molecule has 0 fully saturated rings. The lowest BCUT2D eigenvalue weighted by molar-refractivity contribution is 0.659. The highest BCUT2D eigenvalue weighted by Gasteiger charge is 2.04. The SMILES string of the molecule is Cc1cc(C)c(CNCCCNc2ccnc3cc(Cl)ccc23)c(C)c1. The Morgan fingerprint density at radius 3 is 2.50 bits per heavy atom. The van der Waals surface area contributed by atoms with Gasteiger partial charge in [-0.3, -0.25) is 4.98 Å². The predicted molar refractivity (Wildman–Crippen MR) is 112 cm³/mol. The lowest BCUT2D eigenvalue weighted by Crippen LogP contribution is -2.19. The number of pyridine rings is 1. The van der Waals surface area contributed by atoms with Crippen LogP contribution in [-0.2, 0) is 6.54 Å². The van der Waals surface area contributed by atoms with Gasteiger partial charge in [-0.1, -0.05) is 29.3 Å². The van der Waals surface area contributed by atoms with E-state index in [2.05, 4.69) is 48.5 Å². The van der Waals surface area contributed by atoms with Gasteiger partial charge in [0.15, 0.2) is 0 Å². The fraction of sp³-hybridized carbons (Fsp3) is 0.318. The summed E-state index contributed by atoms with van der Waals surface area (Å²) in [6, 6.07) is 12.4. The number of nitrogens with one attached hydrogen (secondary N) is 2. The van der Waals surface area contributed by atoms with Gasteiger partial charge in [0.05, 0.1) is 5.52 Å². The molecule has 0 aliphatic carbocycles. The number of hydrogen-bond acceptors (Lipinski definition) is 3. The molecule has 0 atom stereocenters. The molecule has 1 heterocycles.